The average Bonchev–Trinajstić information content (AvgIpc) is 3.20. The minimum Gasteiger partial charge on any atom is -0.459 e. The highest BCUT2D eigenvalue weighted by molar-refractivity contribution is 6.33. The molecule has 0 saturated carbocycles. The second-order valence-corrected chi connectivity index (χ2v) is 6.87. The molecular formula is C20H17ClN4O4. The number of aromatic nitrogens is 4. The van der Waals surface area contributed by atoms with Crippen molar-refractivity contribution in [1.29, 1.82) is 0 Å². The molecule has 0 fully saturated rings. The molecule has 0 aliphatic heterocycles. The van der Waals surface area contributed by atoms with Crippen LogP contribution in [0.15, 0.2) is 51.7 Å². The Labute approximate surface area is 170 Å². The molecule has 29 heavy (non-hydrogen) atoms. The zero-order valence-corrected chi connectivity index (χ0v) is 16.5. The van der Waals surface area contributed by atoms with Crippen LogP contribution < -0.4 is 5.76 Å². The number of carbonyl (C=O) groups is 1. The molecule has 0 saturated heterocycles. The molecule has 3 aromatic heterocycles. The first-order chi connectivity index (χ1) is 13.9. The number of ether oxygens (including phenoxy) is 1. The molecule has 4 rings (SSSR count). The van der Waals surface area contributed by atoms with Gasteiger partial charge in [-0.3, -0.25) is 4.57 Å². The highest BCUT2D eigenvalue weighted by Crippen LogP contribution is 2.19. The first-order valence-electron chi connectivity index (χ1n) is 8.90. The summed E-state index contributed by atoms with van der Waals surface area (Å²) < 4.78 is 13.5. The van der Waals surface area contributed by atoms with Gasteiger partial charge in [0.15, 0.2) is 17.1 Å². The molecule has 0 radical (unpaired) electrons. The van der Waals surface area contributed by atoms with Gasteiger partial charge in [-0.15, -0.1) is 0 Å². The van der Waals surface area contributed by atoms with Gasteiger partial charge in [0.25, 0.3) is 0 Å². The van der Waals surface area contributed by atoms with Gasteiger partial charge >= 0.3 is 11.7 Å². The van der Waals surface area contributed by atoms with Crippen LogP contribution in [0.3, 0.4) is 0 Å². The number of oxazole rings is 1. The van der Waals surface area contributed by atoms with Gasteiger partial charge < -0.3 is 9.15 Å². The third-order valence-electron chi connectivity index (χ3n) is 4.37. The number of carbonyl (C=O) groups excluding carboxylic acids is 1. The van der Waals surface area contributed by atoms with Gasteiger partial charge in [0.1, 0.15) is 6.61 Å². The van der Waals surface area contributed by atoms with E-state index in [2.05, 4.69) is 10.1 Å². The topological polar surface area (TPSA) is 92.2 Å². The fourth-order valence-corrected chi connectivity index (χ4v) is 3.26. The van der Waals surface area contributed by atoms with Crippen molar-refractivity contribution in [3.63, 3.8) is 0 Å². The van der Waals surface area contributed by atoms with Crippen molar-refractivity contribution in [2.24, 2.45) is 0 Å². The maximum Gasteiger partial charge on any atom is 0.420 e. The molecule has 0 aliphatic carbocycles. The van der Waals surface area contributed by atoms with Crippen LogP contribution in [0, 0.1) is 13.8 Å². The number of rotatable bonds is 5. The third-order valence-corrected chi connectivity index (χ3v) is 4.68. The molecule has 0 bridgehead atoms. The van der Waals surface area contributed by atoms with Gasteiger partial charge in [-0.05, 0) is 44.2 Å². The summed E-state index contributed by atoms with van der Waals surface area (Å²) in [4.78, 5) is 28.8. The highest BCUT2D eigenvalue weighted by Gasteiger charge is 2.17. The summed E-state index contributed by atoms with van der Waals surface area (Å²) in [6, 6.07) is 12.2. The Bertz CT molecular complexity index is 1270. The quantitative estimate of drug-likeness (QED) is 0.467. The van der Waals surface area contributed by atoms with Crippen LogP contribution in [0.5, 0.6) is 0 Å². The van der Waals surface area contributed by atoms with E-state index in [-0.39, 0.29) is 23.9 Å². The van der Waals surface area contributed by atoms with Crippen molar-refractivity contribution >= 4 is 28.7 Å². The van der Waals surface area contributed by atoms with E-state index < -0.39 is 11.7 Å². The van der Waals surface area contributed by atoms with Crippen molar-refractivity contribution in [2.75, 3.05) is 6.61 Å². The fraction of sp³-hybridized carbons (Fsp3) is 0.200. The van der Waals surface area contributed by atoms with Crippen molar-refractivity contribution in [3.05, 3.63) is 75.1 Å². The van der Waals surface area contributed by atoms with Gasteiger partial charge in [0.05, 0.1) is 22.8 Å². The number of hydrogen-bond donors (Lipinski definition) is 0. The van der Waals surface area contributed by atoms with Crippen LogP contribution in [0.4, 0.5) is 0 Å². The van der Waals surface area contributed by atoms with Gasteiger partial charge in [-0.2, -0.15) is 5.10 Å². The maximum atomic E-state index is 12.5. The maximum absolute atomic E-state index is 12.5. The summed E-state index contributed by atoms with van der Waals surface area (Å²) in [6.07, 6.45) is 0. The van der Waals surface area contributed by atoms with Gasteiger partial charge in [0, 0.05) is 5.69 Å². The van der Waals surface area contributed by atoms with Crippen LogP contribution in [0.2, 0.25) is 5.02 Å². The minimum atomic E-state index is -0.681. The number of esters is 1. The first kappa shape index (κ1) is 18.9. The number of benzene rings is 1. The first-order valence-corrected chi connectivity index (χ1v) is 9.27. The number of nitrogens with zero attached hydrogens (tertiary/aromatic N) is 4. The number of para-hydroxylation sites is 2. The molecule has 0 unspecified atom stereocenters. The molecular weight excluding hydrogens is 396 g/mol. The van der Waals surface area contributed by atoms with Crippen LogP contribution in [0.25, 0.3) is 16.9 Å². The lowest BCUT2D eigenvalue weighted by atomic mass is 10.3. The van der Waals surface area contributed by atoms with Crippen molar-refractivity contribution in [1.82, 2.24) is 19.3 Å². The predicted octanol–water partition coefficient (Wildman–Crippen LogP) is 3.30. The van der Waals surface area contributed by atoms with E-state index in [1.54, 1.807) is 41.1 Å². The minimum absolute atomic E-state index is 0.0129. The smallest absolute Gasteiger partial charge is 0.420 e. The second kappa shape index (κ2) is 7.56. The summed E-state index contributed by atoms with van der Waals surface area (Å²) in [5.41, 5.74) is 2.81. The molecule has 4 aromatic rings. The van der Waals surface area contributed by atoms with E-state index in [1.165, 1.54) is 4.57 Å². The Morgan fingerprint density at radius 1 is 1.21 bits per heavy atom. The summed E-state index contributed by atoms with van der Waals surface area (Å²) in [5, 5.41) is 4.53. The fourth-order valence-electron chi connectivity index (χ4n) is 3.08. The molecule has 148 valence electrons. The Kier molecular flexibility index (Phi) is 4.94. The van der Waals surface area contributed by atoms with E-state index in [0.29, 0.717) is 16.9 Å². The van der Waals surface area contributed by atoms with Crippen LogP contribution in [-0.4, -0.2) is 31.9 Å². The summed E-state index contributed by atoms with van der Waals surface area (Å²) in [5.74, 6) is -0.729. The van der Waals surface area contributed by atoms with E-state index in [4.69, 9.17) is 20.8 Å². The summed E-state index contributed by atoms with van der Waals surface area (Å²) in [7, 11) is 0. The molecule has 0 atom stereocenters. The highest BCUT2D eigenvalue weighted by atomic mass is 35.5. The lowest BCUT2D eigenvalue weighted by molar-refractivity contribution is 0.0483. The standard InChI is InChI=1S/C20H17ClN4O4/c1-12-11-13(2)25(23-12)17-8-7-14(21)18(22-17)19(26)28-10-9-24-15-5-3-4-6-16(15)29-20(24)27/h3-8,11H,9-10H2,1-2H3. The monoisotopic (exact) mass is 412 g/mol. The Hall–Kier alpha value is -3.39. The molecule has 0 spiro atoms. The zero-order chi connectivity index (χ0) is 20.5. The lowest BCUT2D eigenvalue weighted by Gasteiger charge is -2.09. The molecule has 1 aromatic carbocycles. The number of aryl methyl sites for hydroxylation is 2. The molecule has 0 aliphatic rings. The van der Waals surface area contributed by atoms with Crippen molar-refractivity contribution in [2.45, 2.75) is 20.4 Å². The molecule has 9 heteroatoms. The van der Waals surface area contributed by atoms with E-state index >= 15 is 0 Å². The second-order valence-electron chi connectivity index (χ2n) is 6.46. The van der Waals surface area contributed by atoms with Gasteiger partial charge in [0.2, 0.25) is 0 Å². The zero-order valence-electron chi connectivity index (χ0n) is 15.8. The van der Waals surface area contributed by atoms with E-state index in [1.807, 2.05) is 19.9 Å². The van der Waals surface area contributed by atoms with E-state index in [9.17, 15) is 9.59 Å². The van der Waals surface area contributed by atoms with Crippen LogP contribution >= 0.6 is 11.6 Å². The predicted molar refractivity (Wildman–Crippen MR) is 107 cm³/mol. The summed E-state index contributed by atoms with van der Waals surface area (Å²) in [6.45, 7) is 3.87. The number of halogens is 1. The lowest BCUT2D eigenvalue weighted by Crippen LogP contribution is -2.20. The van der Waals surface area contributed by atoms with Crippen LogP contribution in [-0.2, 0) is 11.3 Å². The molecule has 0 amide bonds. The number of hydrogen-bond acceptors (Lipinski definition) is 6. The molecule has 8 nitrogen and oxygen atoms in total. The Morgan fingerprint density at radius 2 is 2.00 bits per heavy atom. The summed E-state index contributed by atoms with van der Waals surface area (Å²) >= 11 is 6.14. The third kappa shape index (κ3) is 3.66. The Morgan fingerprint density at radius 3 is 2.76 bits per heavy atom. The largest absolute Gasteiger partial charge is 0.459 e. The normalized spacial score (nSPS) is 11.1. The van der Waals surface area contributed by atoms with Crippen molar-refractivity contribution in [3.8, 4) is 5.82 Å². The van der Waals surface area contributed by atoms with Gasteiger partial charge in [-0.1, -0.05) is 23.7 Å². The SMILES string of the molecule is Cc1cc(C)n(-c2ccc(Cl)c(C(=O)OCCn3c(=O)oc4ccccc43)n2)n1. The van der Waals surface area contributed by atoms with Crippen LogP contribution in [0.1, 0.15) is 21.9 Å². The molecule has 0 N–H and O–H groups in total. The molecule has 3 heterocycles. The number of pyridine rings is 1. The number of fused-ring (bicyclic) bond motifs is 1. The Balaban J connectivity index is 1.51. The van der Waals surface area contributed by atoms with E-state index in [0.717, 1.165) is 11.4 Å². The average molecular weight is 413 g/mol. The van der Waals surface area contributed by atoms with Gasteiger partial charge in [-0.25, -0.2) is 19.3 Å². The van der Waals surface area contributed by atoms with Crippen molar-refractivity contribution < 1.29 is 13.9 Å².